The second-order valence-electron chi connectivity index (χ2n) is 11.1. The Morgan fingerprint density at radius 1 is 0.880 bits per heavy atom. The molecule has 0 aliphatic rings. The lowest BCUT2D eigenvalue weighted by Crippen LogP contribution is -2.38. The summed E-state index contributed by atoms with van der Waals surface area (Å²) in [4.78, 5) is 26.6. The Morgan fingerprint density at radius 2 is 1.44 bits per heavy atom. The summed E-state index contributed by atoms with van der Waals surface area (Å²) in [7, 11) is 0. The molecule has 0 atom stereocenters. The number of aromatic nitrogens is 1. The molecule has 0 spiro atoms. The Morgan fingerprint density at radius 3 is 1.96 bits per heavy atom. The number of aliphatic hydroxyl groups is 1. The number of nitrogen functional groups attached to an aromatic ring is 1. The number of anilines is 1. The third-order valence-corrected chi connectivity index (χ3v) is 6.83. The van der Waals surface area contributed by atoms with Gasteiger partial charge in [-0.3, -0.25) is 5.41 Å². The second-order valence-corrected chi connectivity index (χ2v) is 11.1. The summed E-state index contributed by atoms with van der Waals surface area (Å²) in [5, 5.41) is 34.3. The Bertz CT molecular complexity index is 1880. The minimum absolute atomic E-state index is 0.0870. The molecule has 266 valence electrons. The van der Waals surface area contributed by atoms with Crippen LogP contribution in [-0.2, 0) is 11.4 Å². The number of pyridine rings is 1. The number of aromatic carboxylic acids is 1. The van der Waals surface area contributed by atoms with Crippen molar-refractivity contribution < 1.29 is 56.3 Å². The van der Waals surface area contributed by atoms with E-state index in [0.717, 1.165) is 0 Å². The molecule has 1 heterocycles. The van der Waals surface area contributed by atoms with Gasteiger partial charge in [0.15, 0.2) is 0 Å². The summed E-state index contributed by atoms with van der Waals surface area (Å²) in [6, 6.07) is 16.5. The lowest BCUT2D eigenvalue weighted by Gasteiger charge is -2.33. The Hall–Kier alpha value is -5.77. The van der Waals surface area contributed by atoms with Gasteiger partial charge >= 0.3 is 18.1 Å². The number of alkyl halides is 3. The third-order valence-electron chi connectivity index (χ3n) is 6.83. The van der Waals surface area contributed by atoms with E-state index in [-0.39, 0.29) is 41.6 Å². The van der Waals surface area contributed by atoms with Crippen molar-refractivity contribution in [3.05, 3.63) is 95.1 Å². The number of carbonyl (C=O) groups is 2. The van der Waals surface area contributed by atoms with Crippen molar-refractivity contribution in [2.45, 2.75) is 52.6 Å². The van der Waals surface area contributed by atoms with Crippen molar-refractivity contribution in [3.63, 3.8) is 0 Å². The maximum Gasteiger partial charge on any atom is 0.490 e. The number of halogens is 5. The maximum atomic E-state index is 16.1. The first kappa shape index (κ1) is 38.7. The molecule has 6 N–H and O–H groups in total. The summed E-state index contributed by atoms with van der Waals surface area (Å²) < 4.78 is 75.3. The average molecular weight is 705 g/mol. The summed E-state index contributed by atoms with van der Waals surface area (Å²) in [5.74, 6) is -8.02. The molecular formula is C34H33F5N4O7. The standard InChI is InChI=1S/C32H32F2N4O5.C2HF3O2/c1-17(2)38(18(3)4)28-26(33)30(42-23-10-6-9-22(14-23)29(35)36)37-31(27(28)34)43-25-12-11-21(15-24(25)32(40)41)20-8-5-7-19(13-20)16-39;3-2(4,5)1(6)7/h5-15,17-18,39H,16H2,1-4H3,(H3,35,36)(H,40,41);(H,6,7). The van der Waals surface area contributed by atoms with E-state index >= 15 is 8.78 Å². The van der Waals surface area contributed by atoms with Crippen LogP contribution in [0.2, 0.25) is 0 Å². The molecule has 0 aliphatic heterocycles. The first-order valence-electron chi connectivity index (χ1n) is 14.7. The predicted molar refractivity (Wildman–Crippen MR) is 173 cm³/mol. The number of rotatable bonds is 11. The van der Waals surface area contributed by atoms with Gasteiger partial charge in [-0.15, -0.1) is 0 Å². The molecule has 0 bridgehead atoms. The highest BCUT2D eigenvalue weighted by Gasteiger charge is 2.38. The van der Waals surface area contributed by atoms with Gasteiger partial charge in [-0.25, -0.2) is 9.59 Å². The molecule has 16 heteroatoms. The normalized spacial score (nSPS) is 11.1. The summed E-state index contributed by atoms with van der Waals surface area (Å²) in [6.07, 6.45) is -5.08. The summed E-state index contributed by atoms with van der Waals surface area (Å²) in [5.41, 5.74) is 6.96. The minimum atomic E-state index is -5.08. The molecule has 0 aliphatic carbocycles. The van der Waals surface area contributed by atoms with Crippen LogP contribution in [0.3, 0.4) is 0 Å². The van der Waals surface area contributed by atoms with Crippen LogP contribution in [-0.4, -0.2) is 56.3 Å². The fourth-order valence-electron chi connectivity index (χ4n) is 4.72. The van der Waals surface area contributed by atoms with E-state index in [4.69, 9.17) is 30.5 Å². The summed E-state index contributed by atoms with van der Waals surface area (Å²) in [6.45, 7) is 6.88. The molecule has 4 aromatic rings. The van der Waals surface area contributed by atoms with Gasteiger partial charge in [0, 0.05) is 17.6 Å². The van der Waals surface area contributed by atoms with Gasteiger partial charge in [0.1, 0.15) is 28.6 Å². The zero-order chi connectivity index (χ0) is 37.5. The zero-order valence-corrected chi connectivity index (χ0v) is 27.0. The number of hydrogen-bond donors (Lipinski definition) is 5. The Kier molecular flexibility index (Phi) is 12.4. The number of carboxylic acids is 2. The highest BCUT2D eigenvalue weighted by atomic mass is 19.4. The number of nitrogens with two attached hydrogens (primary N) is 1. The monoisotopic (exact) mass is 704 g/mol. The number of hydrogen-bond acceptors (Lipinski definition) is 8. The van der Waals surface area contributed by atoms with E-state index in [9.17, 15) is 28.2 Å². The molecule has 50 heavy (non-hydrogen) atoms. The quantitative estimate of drug-likeness (QED) is 0.0602. The molecule has 0 unspecified atom stereocenters. The second kappa shape index (κ2) is 16.1. The molecular weight excluding hydrogens is 671 g/mol. The molecule has 0 amide bonds. The number of nitrogens with one attached hydrogen (secondary N) is 1. The van der Waals surface area contributed by atoms with Crippen LogP contribution in [0.1, 0.15) is 49.2 Å². The van der Waals surface area contributed by atoms with Gasteiger partial charge in [0.05, 0.1) is 6.61 Å². The lowest BCUT2D eigenvalue weighted by molar-refractivity contribution is -0.192. The van der Waals surface area contributed by atoms with Crippen LogP contribution in [0, 0.1) is 17.0 Å². The van der Waals surface area contributed by atoms with Crippen LogP contribution < -0.4 is 20.1 Å². The molecule has 1 aromatic heterocycles. The van der Waals surface area contributed by atoms with Gasteiger partial charge in [0.25, 0.3) is 11.8 Å². The van der Waals surface area contributed by atoms with E-state index in [0.29, 0.717) is 22.3 Å². The van der Waals surface area contributed by atoms with E-state index in [1.54, 1.807) is 70.2 Å². The number of aliphatic carboxylic acids is 1. The minimum Gasteiger partial charge on any atom is -0.478 e. The van der Waals surface area contributed by atoms with E-state index in [1.807, 2.05) is 0 Å². The van der Waals surface area contributed by atoms with Crippen LogP contribution in [0.4, 0.5) is 27.6 Å². The molecule has 4 rings (SSSR count). The first-order valence-corrected chi connectivity index (χ1v) is 14.7. The van der Waals surface area contributed by atoms with E-state index in [2.05, 4.69) is 4.98 Å². The van der Waals surface area contributed by atoms with Gasteiger partial charge in [-0.2, -0.15) is 26.9 Å². The first-order chi connectivity index (χ1) is 23.3. The number of carboxylic acid groups (broad SMARTS) is 2. The fourth-order valence-corrected chi connectivity index (χ4v) is 4.72. The van der Waals surface area contributed by atoms with Crippen molar-refractivity contribution in [1.29, 1.82) is 5.41 Å². The van der Waals surface area contributed by atoms with Crippen molar-refractivity contribution in [2.75, 3.05) is 4.90 Å². The molecule has 0 saturated heterocycles. The van der Waals surface area contributed by atoms with Gasteiger partial charge < -0.3 is 35.4 Å². The maximum absolute atomic E-state index is 16.1. The van der Waals surface area contributed by atoms with Gasteiger partial charge in [-0.1, -0.05) is 36.4 Å². The van der Waals surface area contributed by atoms with Gasteiger partial charge in [0.2, 0.25) is 11.6 Å². The average Bonchev–Trinajstić information content (AvgIpc) is 3.04. The SMILES string of the molecule is CC(C)N(c1c(F)c(Oc2cccc(C(=N)N)c2)nc(Oc2ccc(-c3cccc(CO)c3)cc2C(=O)O)c1F)C(C)C.O=C(O)C(F)(F)F. The lowest BCUT2D eigenvalue weighted by atomic mass is 10.0. The van der Waals surface area contributed by atoms with Crippen molar-refractivity contribution in [3.8, 4) is 34.4 Å². The van der Waals surface area contributed by atoms with Crippen molar-refractivity contribution in [2.24, 2.45) is 5.73 Å². The largest absolute Gasteiger partial charge is 0.490 e. The third kappa shape index (κ3) is 9.43. The number of amidine groups is 1. The number of ether oxygens (including phenoxy) is 2. The van der Waals surface area contributed by atoms with Gasteiger partial charge in [-0.05, 0) is 74.7 Å². The van der Waals surface area contributed by atoms with Crippen LogP contribution in [0.15, 0.2) is 66.7 Å². The van der Waals surface area contributed by atoms with Crippen molar-refractivity contribution in [1.82, 2.24) is 4.98 Å². The van der Waals surface area contributed by atoms with Crippen LogP contribution >= 0.6 is 0 Å². The molecule has 0 saturated carbocycles. The zero-order valence-electron chi connectivity index (χ0n) is 27.0. The number of benzene rings is 3. The fraction of sp³-hybridized carbons (Fsp3) is 0.235. The Labute approximate surface area is 282 Å². The smallest absolute Gasteiger partial charge is 0.478 e. The number of aliphatic hydroxyl groups excluding tert-OH is 1. The molecule has 11 nitrogen and oxygen atoms in total. The number of nitrogens with zero attached hydrogens (tertiary/aromatic N) is 2. The van der Waals surface area contributed by atoms with Crippen LogP contribution in [0.5, 0.6) is 23.3 Å². The molecule has 0 fully saturated rings. The van der Waals surface area contributed by atoms with Crippen molar-refractivity contribution >= 4 is 23.5 Å². The Balaban J connectivity index is 0.000000872. The van der Waals surface area contributed by atoms with Crippen LogP contribution in [0.25, 0.3) is 11.1 Å². The molecule has 3 aromatic carbocycles. The summed E-state index contributed by atoms with van der Waals surface area (Å²) >= 11 is 0. The molecule has 0 radical (unpaired) electrons. The van der Waals surface area contributed by atoms with E-state index in [1.165, 1.54) is 29.2 Å². The predicted octanol–water partition coefficient (Wildman–Crippen LogP) is 7.34. The van der Waals surface area contributed by atoms with E-state index < -0.39 is 47.2 Å². The highest BCUT2D eigenvalue weighted by molar-refractivity contribution is 5.95. The highest BCUT2D eigenvalue weighted by Crippen LogP contribution is 2.40. The topological polar surface area (TPSA) is 179 Å².